The van der Waals surface area contributed by atoms with Crippen LogP contribution in [0.1, 0.15) is 6.92 Å². The van der Waals surface area contributed by atoms with E-state index in [-0.39, 0.29) is 0 Å². The lowest BCUT2D eigenvalue weighted by Crippen LogP contribution is -2.36. The lowest BCUT2D eigenvalue weighted by atomic mass is 10.0. The molecule has 0 aliphatic carbocycles. The number of hydrogen-bond donors (Lipinski definition) is 2. The first-order valence-corrected chi connectivity index (χ1v) is 11.8. The van der Waals surface area contributed by atoms with Crippen molar-refractivity contribution in [1.29, 1.82) is 0 Å². The Morgan fingerprint density at radius 1 is 1.06 bits per heavy atom. The SMILES string of the molecule is C/C(F)=C/C(=O)Nc1cccc(-c2cccc3cnc(Nc4ccccc4N4CCOCC4)nc23)c1. The molecule has 8 heteroatoms. The highest BCUT2D eigenvalue weighted by atomic mass is 19.1. The van der Waals surface area contributed by atoms with Crippen LogP contribution >= 0.6 is 0 Å². The van der Waals surface area contributed by atoms with E-state index in [0.29, 0.717) is 24.8 Å². The first-order valence-electron chi connectivity index (χ1n) is 11.8. The molecule has 1 aliphatic heterocycles. The summed E-state index contributed by atoms with van der Waals surface area (Å²) in [6.45, 7) is 4.29. The first kappa shape index (κ1) is 23.4. The van der Waals surface area contributed by atoms with Crippen LogP contribution in [0.2, 0.25) is 0 Å². The molecule has 182 valence electrons. The van der Waals surface area contributed by atoms with Gasteiger partial charge in [0.05, 0.1) is 30.1 Å². The maximum absolute atomic E-state index is 13.1. The Kier molecular flexibility index (Phi) is 6.86. The van der Waals surface area contributed by atoms with Gasteiger partial charge in [0.25, 0.3) is 5.91 Å². The van der Waals surface area contributed by atoms with Crippen molar-refractivity contribution in [2.24, 2.45) is 0 Å². The lowest BCUT2D eigenvalue weighted by Gasteiger charge is -2.30. The Morgan fingerprint density at radius 2 is 1.86 bits per heavy atom. The molecule has 1 fully saturated rings. The largest absolute Gasteiger partial charge is 0.378 e. The van der Waals surface area contributed by atoms with E-state index in [0.717, 1.165) is 52.6 Å². The number of halogens is 1. The molecule has 4 aromatic rings. The van der Waals surface area contributed by atoms with Crippen LogP contribution in [0.3, 0.4) is 0 Å². The van der Waals surface area contributed by atoms with Gasteiger partial charge < -0.3 is 20.3 Å². The molecule has 2 heterocycles. The smallest absolute Gasteiger partial charge is 0.250 e. The highest BCUT2D eigenvalue weighted by Crippen LogP contribution is 2.32. The molecule has 1 amide bonds. The van der Waals surface area contributed by atoms with Gasteiger partial charge in [-0.25, -0.2) is 14.4 Å². The van der Waals surface area contributed by atoms with Gasteiger partial charge in [-0.3, -0.25) is 4.79 Å². The summed E-state index contributed by atoms with van der Waals surface area (Å²) >= 11 is 0. The van der Waals surface area contributed by atoms with E-state index in [4.69, 9.17) is 9.72 Å². The molecular formula is C28H26FN5O2. The van der Waals surface area contributed by atoms with Gasteiger partial charge in [-0.1, -0.05) is 42.5 Å². The second-order valence-corrected chi connectivity index (χ2v) is 8.48. The topological polar surface area (TPSA) is 79.4 Å². The fraction of sp³-hybridized carbons (Fsp3) is 0.179. The Hall–Kier alpha value is -4.30. The van der Waals surface area contributed by atoms with E-state index in [9.17, 15) is 9.18 Å². The zero-order chi connectivity index (χ0) is 24.9. The Balaban J connectivity index is 1.47. The molecule has 36 heavy (non-hydrogen) atoms. The van der Waals surface area contributed by atoms with Crippen molar-refractivity contribution in [1.82, 2.24) is 9.97 Å². The third-order valence-corrected chi connectivity index (χ3v) is 5.88. The summed E-state index contributed by atoms with van der Waals surface area (Å²) in [7, 11) is 0. The number of amides is 1. The van der Waals surface area contributed by atoms with Gasteiger partial charge in [0.2, 0.25) is 5.95 Å². The normalized spacial score (nSPS) is 14.1. The zero-order valence-electron chi connectivity index (χ0n) is 19.9. The number of nitrogens with one attached hydrogen (secondary N) is 2. The van der Waals surface area contributed by atoms with E-state index in [2.05, 4.69) is 26.6 Å². The summed E-state index contributed by atoms with van der Waals surface area (Å²) in [5, 5.41) is 6.99. The Morgan fingerprint density at radius 3 is 2.69 bits per heavy atom. The molecule has 1 aromatic heterocycles. The van der Waals surface area contributed by atoms with Gasteiger partial charge >= 0.3 is 0 Å². The highest BCUT2D eigenvalue weighted by Gasteiger charge is 2.16. The summed E-state index contributed by atoms with van der Waals surface area (Å²) in [6, 6.07) is 21.4. The standard InChI is InChI=1S/C28H26FN5O2/c1-19(29)16-26(35)31-22-8-4-6-20(17-22)23-9-5-7-21-18-30-28(33-27(21)23)32-24-10-2-3-11-25(24)34-12-14-36-15-13-34/h2-11,16-18H,12-15H2,1H3,(H,31,35)(H,30,32,33)/b19-16-. The van der Waals surface area contributed by atoms with E-state index in [1.165, 1.54) is 6.92 Å². The predicted molar refractivity (Wildman–Crippen MR) is 141 cm³/mol. The number of nitrogens with zero attached hydrogens (tertiary/aromatic N) is 3. The fourth-order valence-corrected chi connectivity index (χ4v) is 4.25. The van der Waals surface area contributed by atoms with E-state index in [1.807, 2.05) is 54.6 Å². The molecule has 0 radical (unpaired) electrons. The first-order chi connectivity index (χ1) is 17.6. The summed E-state index contributed by atoms with van der Waals surface area (Å²) in [4.78, 5) is 23.7. The zero-order valence-corrected chi connectivity index (χ0v) is 19.9. The number of hydrogen-bond acceptors (Lipinski definition) is 6. The van der Waals surface area contributed by atoms with Crippen molar-refractivity contribution in [3.8, 4) is 11.1 Å². The maximum atomic E-state index is 13.1. The van der Waals surface area contributed by atoms with Crippen LogP contribution in [-0.4, -0.2) is 42.2 Å². The number of para-hydroxylation sites is 3. The van der Waals surface area contributed by atoms with Crippen molar-refractivity contribution in [3.63, 3.8) is 0 Å². The van der Waals surface area contributed by atoms with E-state index < -0.39 is 11.7 Å². The quantitative estimate of drug-likeness (QED) is 0.343. The molecule has 0 saturated carbocycles. The summed E-state index contributed by atoms with van der Waals surface area (Å²) in [5.41, 5.74) is 5.13. The van der Waals surface area contributed by atoms with Gasteiger partial charge in [-0.15, -0.1) is 0 Å². The van der Waals surface area contributed by atoms with Crippen LogP contribution in [0.5, 0.6) is 0 Å². The molecule has 5 rings (SSSR count). The molecule has 0 atom stereocenters. The van der Waals surface area contributed by atoms with Crippen molar-refractivity contribution in [2.45, 2.75) is 6.92 Å². The van der Waals surface area contributed by atoms with Crippen LogP contribution in [0.25, 0.3) is 22.0 Å². The Bertz CT molecular complexity index is 1430. The minimum atomic E-state index is -0.551. The van der Waals surface area contributed by atoms with Gasteiger partial charge in [0.1, 0.15) is 5.83 Å². The molecule has 0 unspecified atom stereocenters. The number of rotatable bonds is 6. The van der Waals surface area contributed by atoms with E-state index >= 15 is 0 Å². The van der Waals surface area contributed by atoms with Crippen molar-refractivity contribution in [3.05, 3.63) is 84.8 Å². The molecule has 3 aromatic carbocycles. The number of carbonyl (C=O) groups excluding carboxylic acids is 1. The third kappa shape index (κ3) is 5.34. The van der Waals surface area contributed by atoms with Gasteiger partial charge in [-0.05, 0) is 36.8 Å². The predicted octanol–water partition coefficient (Wildman–Crippen LogP) is 5.69. The summed E-state index contributed by atoms with van der Waals surface area (Å²) in [5.74, 6) is -0.578. The number of ether oxygens (including phenoxy) is 1. The second kappa shape index (κ2) is 10.5. The van der Waals surface area contributed by atoms with Crippen LogP contribution in [0, 0.1) is 0 Å². The van der Waals surface area contributed by atoms with Gasteiger partial charge in [0.15, 0.2) is 0 Å². The van der Waals surface area contributed by atoms with Crippen molar-refractivity contribution < 1.29 is 13.9 Å². The van der Waals surface area contributed by atoms with Crippen molar-refractivity contribution >= 4 is 39.8 Å². The van der Waals surface area contributed by atoms with Crippen LogP contribution < -0.4 is 15.5 Å². The molecule has 2 N–H and O–H groups in total. The third-order valence-electron chi connectivity index (χ3n) is 5.88. The fourth-order valence-electron chi connectivity index (χ4n) is 4.25. The number of fused-ring (bicyclic) bond motifs is 1. The van der Waals surface area contributed by atoms with Crippen LogP contribution in [-0.2, 0) is 9.53 Å². The number of morpholine rings is 1. The van der Waals surface area contributed by atoms with Crippen LogP contribution in [0.15, 0.2) is 84.8 Å². The summed E-state index contributed by atoms with van der Waals surface area (Å²) < 4.78 is 18.6. The molecule has 0 bridgehead atoms. The molecule has 1 aliphatic rings. The average molecular weight is 484 g/mol. The average Bonchev–Trinajstić information content (AvgIpc) is 2.89. The minimum Gasteiger partial charge on any atom is -0.378 e. The number of allylic oxidation sites excluding steroid dienone is 1. The molecule has 7 nitrogen and oxygen atoms in total. The molecule has 1 saturated heterocycles. The minimum absolute atomic E-state index is 0.490. The second-order valence-electron chi connectivity index (χ2n) is 8.48. The number of anilines is 4. The van der Waals surface area contributed by atoms with E-state index in [1.54, 1.807) is 12.3 Å². The van der Waals surface area contributed by atoms with Gasteiger partial charge in [0, 0.05) is 42.0 Å². The number of carbonyl (C=O) groups is 1. The van der Waals surface area contributed by atoms with Crippen molar-refractivity contribution in [2.75, 3.05) is 41.8 Å². The number of benzene rings is 3. The highest BCUT2D eigenvalue weighted by molar-refractivity contribution is 6.00. The Labute approximate surface area is 208 Å². The number of aromatic nitrogens is 2. The lowest BCUT2D eigenvalue weighted by molar-refractivity contribution is -0.112. The molecule has 0 spiro atoms. The maximum Gasteiger partial charge on any atom is 0.250 e. The van der Waals surface area contributed by atoms with Crippen LogP contribution in [0.4, 0.5) is 27.4 Å². The molecular weight excluding hydrogens is 457 g/mol. The monoisotopic (exact) mass is 483 g/mol. The summed E-state index contributed by atoms with van der Waals surface area (Å²) in [6.07, 6.45) is 2.72. The van der Waals surface area contributed by atoms with Gasteiger partial charge in [-0.2, -0.15) is 0 Å².